The highest BCUT2D eigenvalue weighted by Crippen LogP contribution is 2.60. The van der Waals surface area contributed by atoms with Crippen LogP contribution in [0.2, 0.25) is 0 Å². The van der Waals surface area contributed by atoms with Gasteiger partial charge in [-0.2, -0.15) is 0 Å². The second-order valence-corrected chi connectivity index (χ2v) is 12.3. The first-order chi connectivity index (χ1) is 13.7. The van der Waals surface area contributed by atoms with Crippen LogP contribution in [0.4, 0.5) is 4.39 Å². The van der Waals surface area contributed by atoms with E-state index in [0.717, 1.165) is 51.0 Å². The zero-order chi connectivity index (χ0) is 20.4. The average Bonchev–Trinajstić information content (AvgIpc) is 3.43. The number of Topliss-reactive ketones (excluding diaryl/α,β-unsaturated/α-hetero) is 1. The van der Waals surface area contributed by atoms with Crippen molar-refractivity contribution in [2.24, 2.45) is 29.1 Å². The van der Waals surface area contributed by atoms with E-state index in [-0.39, 0.29) is 22.9 Å². The summed E-state index contributed by atoms with van der Waals surface area (Å²) in [6, 6.07) is 5.45. The number of rotatable bonds is 7. The Balaban J connectivity index is 1.25. The average molecular weight is 421 g/mol. The van der Waals surface area contributed by atoms with Crippen LogP contribution >= 0.6 is 0 Å². The summed E-state index contributed by atoms with van der Waals surface area (Å²) >= 11 is 0. The molecule has 5 saturated carbocycles. The number of benzene rings is 1. The van der Waals surface area contributed by atoms with Crippen molar-refractivity contribution in [3.05, 3.63) is 30.1 Å². The van der Waals surface area contributed by atoms with E-state index >= 15 is 0 Å². The standard InChI is InChI=1S/C23H29FO4S/c24-19-3-1-2-4-20(19)29(27,28)8-7-22(5-6-22)21(25)11-18-16-9-15-10-17(18)14-23(26,12-15)13-16/h1-4,15-18,26H,5-14H2. The Labute approximate surface area is 171 Å². The van der Waals surface area contributed by atoms with Crippen LogP contribution in [0.15, 0.2) is 29.2 Å². The third-order valence-electron chi connectivity index (χ3n) is 8.32. The minimum Gasteiger partial charge on any atom is -0.390 e. The largest absolute Gasteiger partial charge is 0.390 e. The van der Waals surface area contributed by atoms with E-state index in [0.29, 0.717) is 30.1 Å². The lowest BCUT2D eigenvalue weighted by Gasteiger charge is -2.58. The summed E-state index contributed by atoms with van der Waals surface area (Å²) in [6.07, 6.45) is 7.14. The van der Waals surface area contributed by atoms with Gasteiger partial charge in [-0.05, 0) is 87.2 Å². The molecule has 1 N–H and O–H groups in total. The molecular weight excluding hydrogens is 391 g/mol. The topological polar surface area (TPSA) is 71.4 Å². The molecule has 0 spiro atoms. The molecule has 2 unspecified atom stereocenters. The first-order valence-corrected chi connectivity index (χ1v) is 12.6. The molecule has 2 atom stereocenters. The van der Waals surface area contributed by atoms with Gasteiger partial charge in [0, 0.05) is 11.8 Å². The number of carbonyl (C=O) groups is 1. The van der Waals surface area contributed by atoms with E-state index in [9.17, 15) is 22.7 Å². The lowest BCUT2D eigenvalue weighted by molar-refractivity contribution is -0.158. The lowest BCUT2D eigenvalue weighted by atomic mass is 9.49. The fourth-order valence-electron chi connectivity index (χ4n) is 6.81. The first-order valence-electron chi connectivity index (χ1n) is 10.9. The molecule has 1 aromatic carbocycles. The number of hydrogen-bond donors (Lipinski definition) is 1. The molecule has 5 aliphatic carbocycles. The van der Waals surface area contributed by atoms with Crippen molar-refractivity contribution in [1.82, 2.24) is 0 Å². The third kappa shape index (κ3) is 3.46. The Morgan fingerprint density at radius 2 is 1.76 bits per heavy atom. The van der Waals surface area contributed by atoms with Gasteiger partial charge >= 0.3 is 0 Å². The lowest BCUT2D eigenvalue weighted by Crippen LogP contribution is -2.55. The monoisotopic (exact) mass is 420 g/mol. The van der Waals surface area contributed by atoms with Crippen molar-refractivity contribution in [1.29, 1.82) is 0 Å². The van der Waals surface area contributed by atoms with Crippen LogP contribution in [0.25, 0.3) is 0 Å². The zero-order valence-corrected chi connectivity index (χ0v) is 17.5. The molecule has 5 aliphatic rings. The smallest absolute Gasteiger partial charge is 0.181 e. The highest BCUT2D eigenvalue weighted by molar-refractivity contribution is 7.91. The van der Waals surface area contributed by atoms with E-state index < -0.39 is 26.7 Å². The van der Waals surface area contributed by atoms with Crippen molar-refractivity contribution in [3.63, 3.8) is 0 Å². The predicted molar refractivity (Wildman–Crippen MR) is 106 cm³/mol. The molecule has 0 amide bonds. The quantitative estimate of drug-likeness (QED) is 0.726. The summed E-state index contributed by atoms with van der Waals surface area (Å²) < 4.78 is 39.1. The molecule has 4 nitrogen and oxygen atoms in total. The van der Waals surface area contributed by atoms with E-state index in [1.165, 1.54) is 18.2 Å². The summed E-state index contributed by atoms with van der Waals surface area (Å²) in [4.78, 5) is 12.9. The fourth-order valence-corrected chi connectivity index (χ4v) is 8.34. The molecule has 0 radical (unpaired) electrons. The van der Waals surface area contributed by atoms with Crippen LogP contribution in [0.5, 0.6) is 0 Å². The highest BCUT2D eigenvalue weighted by Gasteiger charge is 2.57. The molecule has 29 heavy (non-hydrogen) atoms. The molecule has 0 heterocycles. The molecule has 1 aromatic rings. The molecule has 6 rings (SSSR count). The first kappa shape index (κ1) is 19.7. The Kier molecular flexibility index (Phi) is 4.49. The van der Waals surface area contributed by atoms with E-state index in [1.807, 2.05) is 0 Å². The van der Waals surface area contributed by atoms with Crippen molar-refractivity contribution in [3.8, 4) is 0 Å². The van der Waals surface area contributed by atoms with Crippen LogP contribution < -0.4 is 0 Å². The van der Waals surface area contributed by atoms with Gasteiger partial charge < -0.3 is 5.11 Å². The summed E-state index contributed by atoms with van der Waals surface area (Å²) in [5.41, 5.74) is -1.02. The van der Waals surface area contributed by atoms with Crippen molar-refractivity contribution >= 4 is 15.6 Å². The Morgan fingerprint density at radius 3 is 2.34 bits per heavy atom. The van der Waals surface area contributed by atoms with Gasteiger partial charge in [0.25, 0.3) is 0 Å². The number of ketones is 1. The maximum Gasteiger partial charge on any atom is 0.181 e. The maximum absolute atomic E-state index is 13.9. The van der Waals surface area contributed by atoms with Crippen LogP contribution in [0.3, 0.4) is 0 Å². The summed E-state index contributed by atoms with van der Waals surface area (Å²) in [5, 5.41) is 10.7. The van der Waals surface area contributed by atoms with E-state index in [4.69, 9.17) is 0 Å². The Morgan fingerprint density at radius 1 is 1.10 bits per heavy atom. The van der Waals surface area contributed by atoms with Gasteiger partial charge in [0.2, 0.25) is 0 Å². The second kappa shape index (κ2) is 6.61. The molecule has 6 heteroatoms. The van der Waals surface area contributed by atoms with Gasteiger partial charge in [-0.3, -0.25) is 4.79 Å². The molecular formula is C23H29FO4S. The van der Waals surface area contributed by atoms with Crippen molar-refractivity contribution in [2.45, 2.75) is 68.3 Å². The second-order valence-electron chi connectivity index (χ2n) is 10.3. The predicted octanol–water partition coefficient (Wildman–Crippen LogP) is 3.92. The SMILES string of the molecule is O=C(CC1C2CC3CC1CC(O)(C3)C2)C1(CCS(=O)(=O)c2ccccc2F)CC1. The van der Waals surface area contributed by atoms with Crippen LogP contribution in [0, 0.1) is 34.9 Å². The number of carbonyl (C=O) groups excluding carboxylic acids is 1. The summed E-state index contributed by atoms with van der Waals surface area (Å²) in [6.45, 7) is 0. The number of halogens is 1. The molecule has 4 bridgehead atoms. The van der Waals surface area contributed by atoms with Gasteiger partial charge in [0.05, 0.1) is 11.4 Å². The van der Waals surface area contributed by atoms with Crippen LogP contribution in [-0.4, -0.2) is 30.7 Å². The Bertz CT molecular complexity index is 920. The number of hydrogen-bond acceptors (Lipinski definition) is 4. The Hall–Kier alpha value is -1.27. The van der Waals surface area contributed by atoms with Crippen LogP contribution in [0.1, 0.15) is 57.8 Å². The van der Waals surface area contributed by atoms with Crippen molar-refractivity contribution in [2.75, 3.05) is 5.75 Å². The molecule has 158 valence electrons. The number of aliphatic hydroxyl groups is 1. The van der Waals surface area contributed by atoms with Gasteiger partial charge in [-0.1, -0.05) is 12.1 Å². The fraction of sp³-hybridized carbons (Fsp3) is 0.696. The van der Waals surface area contributed by atoms with E-state index in [1.54, 1.807) is 0 Å². The zero-order valence-electron chi connectivity index (χ0n) is 16.6. The van der Waals surface area contributed by atoms with Gasteiger partial charge in [-0.15, -0.1) is 0 Å². The van der Waals surface area contributed by atoms with Gasteiger partial charge in [0.15, 0.2) is 9.84 Å². The summed E-state index contributed by atoms with van der Waals surface area (Å²) in [5.74, 6) is 1.13. The molecule has 5 fully saturated rings. The van der Waals surface area contributed by atoms with Gasteiger partial charge in [0.1, 0.15) is 16.5 Å². The maximum atomic E-state index is 13.9. The molecule has 0 saturated heterocycles. The highest BCUT2D eigenvalue weighted by atomic mass is 32.2. The molecule has 0 aliphatic heterocycles. The van der Waals surface area contributed by atoms with Crippen LogP contribution in [-0.2, 0) is 14.6 Å². The third-order valence-corrected chi connectivity index (χ3v) is 10.1. The minimum absolute atomic E-state index is 0.182. The summed E-state index contributed by atoms with van der Waals surface area (Å²) in [7, 11) is -3.74. The van der Waals surface area contributed by atoms with E-state index in [2.05, 4.69) is 0 Å². The number of sulfone groups is 1. The minimum atomic E-state index is -3.74. The normalized spacial score (nSPS) is 36.9. The molecule has 0 aromatic heterocycles. The van der Waals surface area contributed by atoms with Crippen molar-refractivity contribution < 1.29 is 22.7 Å². The van der Waals surface area contributed by atoms with Gasteiger partial charge in [-0.25, -0.2) is 12.8 Å².